The Morgan fingerprint density at radius 2 is 2.12 bits per heavy atom. The largest absolute Gasteiger partial charge is 0.393 e. The lowest BCUT2D eigenvalue weighted by molar-refractivity contribution is -0.116. The Labute approximate surface area is 107 Å². The zero-order valence-electron chi connectivity index (χ0n) is 10.4. The molecule has 0 aliphatic rings. The van der Waals surface area contributed by atoms with Crippen LogP contribution in [-0.4, -0.2) is 10.9 Å². The van der Waals surface area contributed by atoms with Crippen LogP contribution in [0.1, 0.15) is 24.5 Å². The monoisotopic (exact) mass is 250 g/mol. The van der Waals surface area contributed by atoms with Gasteiger partial charge in [0.25, 0.3) is 0 Å². The number of carbonyl (C=O) groups excluding carboxylic acids is 1. The molecule has 1 aromatic carbocycles. The maximum absolute atomic E-state index is 11.8. The first-order valence-electron chi connectivity index (χ1n) is 5.57. The molecule has 0 aromatic heterocycles. The molecule has 0 bridgehead atoms. The number of thiocarbonyl (C=S) groups is 1. The molecule has 0 radical (unpaired) electrons. The number of hydrogen-bond donors (Lipinski definition) is 2. The van der Waals surface area contributed by atoms with Gasteiger partial charge in [-0.25, -0.2) is 0 Å². The molecular formula is C13H18N2OS. The second-order valence-corrected chi connectivity index (χ2v) is 4.77. The number of carbonyl (C=O) groups is 1. The molecule has 1 rings (SSSR count). The fourth-order valence-corrected chi connectivity index (χ4v) is 1.55. The smallest absolute Gasteiger partial charge is 0.225 e. The average molecular weight is 250 g/mol. The summed E-state index contributed by atoms with van der Waals surface area (Å²) < 4.78 is 0. The molecule has 0 fully saturated rings. The van der Waals surface area contributed by atoms with Crippen molar-refractivity contribution in [2.45, 2.75) is 27.2 Å². The van der Waals surface area contributed by atoms with Crippen LogP contribution in [0, 0.1) is 19.8 Å². The third-order valence-corrected chi connectivity index (χ3v) is 3.26. The minimum atomic E-state index is -0.0740. The van der Waals surface area contributed by atoms with Crippen molar-refractivity contribution in [1.29, 1.82) is 0 Å². The Bertz CT molecular complexity index is 443. The lowest BCUT2D eigenvalue weighted by atomic mass is 10.1. The third kappa shape index (κ3) is 3.82. The van der Waals surface area contributed by atoms with Gasteiger partial charge in [-0.1, -0.05) is 31.3 Å². The second kappa shape index (κ2) is 5.77. The van der Waals surface area contributed by atoms with Crippen LogP contribution in [0.25, 0.3) is 0 Å². The number of nitrogens with two attached hydrogens (primary N) is 1. The number of anilines is 1. The van der Waals surface area contributed by atoms with Gasteiger partial charge < -0.3 is 11.1 Å². The summed E-state index contributed by atoms with van der Waals surface area (Å²) in [5, 5.41) is 2.88. The van der Waals surface area contributed by atoms with E-state index in [4.69, 9.17) is 18.0 Å². The van der Waals surface area contributed by atoms with Crippen LogP contribution in [0.2, 0.25) is 0 Å². The van der Waals surface area contributed by atoms with E-state index in [0.29, 0.717) is 11.4 Å². The van der Waals surface area contributed by atoms with Gasteiger partial charge in [0.05, 0.1) is 4.99 Å². The summed E-state index contributed by atoms with van der Waals surface area (Å²) in [6.07, 6.45) is 0.322. The first-order valence-corrected chi connectivity index (χ1v) is 5.98. The van der Waals surface area contributed by atoms with E-state index in [1.165, 1.54) is 0 Å². The summed E-state index contributed by atoms with van der Waals surface area (Å²) in [4.78, 5) is 12.1. The van der Waals surface area contributed by atoms with Crippen LogP contribution >= 0.6 is 12.2 Å². The average Bonchev–Trinajstić information content (AvgIpc) is 2.24. The molecule has 0 aliphatic heterocycles. The molecule has 1 aromatic rings. The first-order chi connectivity index (χ1) is 7.91. The molecule has 17 heavy (non-hydrogen) atoms. The van der Waals surface area contributed by atoms with Crippen LogP contribution in [0.3, 0.4) is 0 Å². The summed E-state index contributed by atoms with van der Waals surface area (Å²) in [7, 11) is 0. The van der Waals surface area contributed by atoms with Gasteiger partial charge in [0.15, 0.2) is 0 Å². The summed E-state index contributed by atoms with van der Waals surface area (Å²) in [6.45, 7) is 5.86. The molecule has 0 saturated carbocycles. The summed E-state index contributed by atoms with van der Waals surface area (Å²) >= 11 is 4.85. The van der Waals surface area contributed by atoms with Crippen molar-refractivity contribution in [2.75, 3.05) is 5.32 Å². The van der Waals surface area contributed by atoms with E-state index in [0.717, 1.165) is 16.8 Å². The Hall–Kier alpha value is -1.42. The van der Waals surface area contributed by atoms with E-state index < -0.39 is 0 Å². The molecule has 1 amide bonds. The van der Waals surface area contributed by atoms with Crippen molar-refractivity contribution in [3.05, 3.63) is 29.3 Å². The molecule has 0 aliphatic carbocycles. The number of aryl methyl sites for hydroxylation is 1. The Morgan fingerprint density at radius 3 is 2.71 bits per heavy atom. The molecule has 3 nitrogen and oxygen atoms in total. The molecule has 92 valence electrons. The van der Waals surface area contributed by atoms with Crippen LogP contribution in [0.4, 0.5) is 5.69 Å². The van der Waals surface area contributed by atoms with Crippen molar-refractivity contribution in [1.82, 2.24) is 0 Å². The highest BCUT2D eigenvalue weighted by molar-refractivity contribution is 7.80. The van der Waals surface area contributed by atoms with E-state index in [2.05, 4.69) is 5.32 Å². The zero-order valence-corrected chi connectivity index (χ0v) is 11.2. The van der Waals surface area contributed by atoms with E-state index >= 15 is 0 Å². The summed E-state index contributed by atoms with van der Waals surface area (Å²) in [5.74, 6) is -0.130. The molecule has 0 heterocycles. The lowest BCUT2D eigenvalue weighted by Crippen LogP contribution is -2.24. The van der Waals surface area contributed by atoms with Gasteiger partial charge in [0, 0.05) is 18.0 Å². The summed E-state index contributed by atoms with van der Waals surface area (Å²) in [5.41, 5.74) is 8.58. The van der Waals surface area contributed by atoms with Gasteiger partial charge in [0.1, 0.15) is 0 Å². The highest BCUT2D eigenvalue weighted by atomic mass is 32.1. The molecule has 1 atom stereocenters. The highest BCUT2D eigenvalue weighted by Gasteiger charge is 2.12. The summed E-state index contributed by atoms with van der Waals surface area (Å²) in [6, 6.07) is 5.84. The number of hydrogen-bond acceptors (Lipinski definition) is 2. The number of nitrogens with one attached hydrogen (secondary N) is 1. The van der Waals surface area contributed by atoms with Crippen molar-refractivity contribution in [2.24, 2.45) is 11.7 Å². The molecule has 4 heteroatoms. The van der Waals surface area contributed by atoms with Gasteiger partial charge in [-0.05, 0) is 31.0 Å². The quantitative estimate of drug-likeness (QED) is 0.807. The van der Waals surface area contributed by atoms with Gasteiger partial charge in [-0.15, -0.1) is 0 Å². The predicted molar refractivity (Wildman–Crippen MR) is 75.1 cm³/mol. The van der Waals surface area contributed by atoms with E-state index in [1.54, 1.807) is 0 Å². The molecular weight excluding hydrogens is 232 g/mol. The van der Waals surface area contributed by atoms with Crippen molar-refractivity contribution < 1.29 is 4.79 Å². The lowest BCUT2D eigenvalue weighted by Gasteiger charge is -2.12. The normalized spacial score (nSPS) is 11.9. The number of rotatable bonds is 4. The highest BCUT2D eigenvalue weighted by Crippen LogP contribution is 2.18. The van der Waals surface area contributed by atoms with E-state index in [9.17, 15) is 4.79 Å². The minimum absolute atomic E-state index is 0.0565. The molecule has 3 N–H and O–H groups in total. The number of amides is 1. The van der Waals surface area contributed by atoms with Crippen molar-refractivity contribution in [3.63, 3.8) is 0 Å². The minimum Gasteiger partial charge on any atom is -0.393 e. The van der Waals surface area contributed by atoms with Crippen molar-refractivity contribution >= 4 is 28.8 Å². The van der Waals surface area contributed by atoms with Gasteiger partial charge >= 0.3 is 0 Å². The topological polar surface area (TPSA) is 55.1 Å². The van der Waals surface area contributed by atoms with Crippen LogP contribution in [0.5, 0.6) is 0 Å². The maximum atomic E-state index is 11.8. The first kappa shape index (κ1) is 13.6. The van der Waals surface area contributed by atoms with Crippen LogP contribution in [-0.2, 0) is 4.79 Å². The zero-order chi connectivity index (χ0) is 13.0. The van der Waals surface area contributed by atoms with Crippen LogP contribution in [0.15, 0.2) is 18.2 Å². The van der Waals surface area contributed by atoms with E-state index in [1.807, 2.05) is 39.0 Å². The van der Waals surface area contributed by atoms with Gasteiger partial charge in [-0.2, -0.15) is 0 Å². The number of benzene rings is 1. The Balaban J connectivity index is 2.69. The molecule has 1 unspecified atom stereocenters. The fraction of sp³-hybridized carbons (Fsp3) is 0.385. The fourth-order valence-electron chi connectivity index (χ4n) is 1.47. The maximum Gasteiger partial charge on any atom is 0.225 e. The Morgan fingerprint density at radius 1 is 1.47 bits per heavy atom. The Kier molecular flexibility index (Phi) is 4.63. The van der Waals surface area contributed by atoms with Crippen molar-refractivity contribution in [3.8, 4) is 0 Å². The van der Waals surface area contributed by atoms with E-state index in [-0.39, 0.29) is 11.8 Å². The second-order valence-electron chi connectivity index (χ2n) is 4.30. The third-order valence-electron chi connectivity index (χ3n) is 2.86. The van der Waals surface area contributed by atoms with Crippen LogP contribution < -0.4 is 11.1 Å². The standard InChI is InChI=1S/C13H18N2OS/c1-8-5-4-6-11(10(8)3)15-12(16)7-9(2)13(14)17/h4-6,9H,7H2,1-3H3,(H2,14,17)(H,15,16). The predicted octanol–water partition coefficient (Wildman–Crippen LogP) is 2.55. The molecule has 0 saturated heterocycles. The molecule has 0 spiro atoms. The van der Waals surface area contributed by atoms with Gasteiger partial charge in [-0.3, -0.25) is 4.79 Å². The van der Waals surface area contributed by atoms with Gasteiger partial charge in [0.2, 0.25) is 5.91 Å². The SMILES string of the molecule is Cc1cccc(NC(=O)CC(C)C(N)=S)c1C.